The maximum atomic E-state index is 13.9. The molecule has 1 nitrogen and oxygen atoms in total. The second-order valence-electron chi connectivity index (χ2n) is 5.02. The summed E-state index contributed by atoms with van der Waals surface area (Å²) >= 11 is 6.94. The van der Waals surface area contributed by atoms with Gasteiger partial charge in [-0.2, -0.15) is 0 Å². The normalized spacial score (nSPS) is 12.2. The Hall–Kier alpha value is -0.870. The summed E-state index contributed by atoms with van der Waals surface area (Å²) in [6.45, 7) is 0. The van der Waals surface area contributed by atoms with E-state index in [1.165, 1.54) is 11.6 Å². The van der Waals surface area contributed by atoms with Crippen LogP contribution < -0.4 is 4.74 Å². The Morgan fingerprint density at radius 1 is 1.14 bits per heavy atom. The van der Waals surface area contributed by atoms with Crippen LogP contribution in [0.5, 0.6) is 5.75 Å². The maximum Gasteiger partial charge on any atom is 0.126 e. The highest BCUT2D eigenvalue weighted by atomic mass is 79.9. The SMILES string of the molecule is COc1cccc(CC(CBr)Cc2cc(Br)ccc2F)c1. The van der Waals surface area contributed by atoms with Crippen molar-refractivity contribution in [2.24, 2.45) is 5.92 Å². The lowest BCUT2D eigenvalue weighted by molar-refractivity contribution is 0.414. The van der Waals surface area contributed by atoms with E-state index in [-0.39, 0.29) is 5.82 Å². The van der Waals surface area contributed by atoms with Gasteiger partial charge in [0, 0.05) is 9.80 Å². The Morgan fingerprint density at radius 3 is 2.67 bits per heavy atom. The summed E-state index contributed by atoms with van der Waals surface area (Å²) in [5.41, 5.74) is 1.95. The van der Waals surface area contributed by atoms with Gasteiger partial charge in [-0.25, -0.2) is 4.39 Å². The van der Waals surface area contributed by atoms with E-state index in [0.717, 1.165) is 27.5 Å². The third-order valence-electron chi connectivity index (χ3n) is 3.39. The first-order chi connectivity index (χ1) is 10.1. The van der Waals surface area contributed by atoms with Gasteiger partial charge in [0.05, 0.1) is 7.11 Å². The van der Waals surface area contributed by atoms with E-state index in [9.17, 15) is 4.39 Å². The van der Waals surface area contributed by atoms with Gasteiger partial charge >= 0.3 is 0 Å². The number of hydrogen-bond donors (Lipinski definition) is 0. The molecule has 0 N–H and O–H groups in total. The Morgan fingerprint density at radius 2 is 1.95 bits per heavy atom. The molecule has 2 rings (SSSR count). The molecule has 0 aliphatic heterocycles. The molecule has 0 amide bonds. The average molecular weight is 416 g/mol. The molecule has 1 atom stereocenters. The summed E-state index contributed by atoms with van der Waals surface area (Å²) in [5.74, 6) is 1.05. The van der Waals surface area contributed by atoms with Crippen molar-refractivity contribution in [1.82, 2.24) is 0 Å². The molecule has 0 aromatic heterocycles. The first kappa shape index (κ1) is 16.5. The summed E-state index contributed by atoms with van der Waals surface area (Å²) in [5, 5.41) is 0.830. The standard InChI is InChI=1S/C17H17Br2FO/c1-21-16-4-2-3-12(9-16)7-13(11-18)8-14-10-15(19)5-6-17(14)20/h2-6,9-10,13H,7-8,11H2,1H3. The first-order valence-electron chi connectivity index (χ1n) is 6.75. The van der Waals surface area contributed by atoms with E-state index in [2.05, 4.69) is 37.9 Å². The maximum absolute atomic E-state index is 13.9. The van der Waals surface area contributed by atoms with Crippen molar-refractivity contribution >= 4 is 31.9 Å². The predicted octanol–water partition coefficient (Wildman–Crippen LogP) is 5.39. The Labute approximate surface area is 141 Å². The number of methoxy groups -OCH3 is 1. The van der Waals surface area contributed by atoms with Crippen molar-refractivity contribution < 1.29 is 9.13 Å². The summed E-state index contributed by atoms with van der Waals surface area (Å²) in [4.78, 5) is 0. The Kier molecular flexibility index (Phi) is 6.24. The van der Waals surface area contributed by atoms with Crippen LogP contribution in [-0.2, 0) is 12.8 Å². The molecule has 0 saturated carbocycles. The number of ether oxygens (including phenoxy) is 1. The van der Waals surface area contributed by atoms with Crippen molar-refractivity contribution in [2.45, 2.75) is 12.8 Å². The van der Waals surface area contributed by atoms with Crippen molar-refractivity contribution in [3.63, 3.8) is 0 Å². The smallest absolute Gasteiger partial charge is 0.126 e. The third kappa shape index (κ3) is 4.82. The highest BCUT2D eigenvalue weighted by Gasteiger charge is 2.13. The van der Waals surface area contributed by atoms with E-state index in [1.807, 2.05) is 24.3 Å². The zero-order chi connectivity index (χ0) is 15.2. The molecule has 0 aliphatic carbocycles. The van der Waals surface area contributed by atoms with E-state index in [1.54, 1.807) is 13.2 Å². The van der Waals surface area contributed by atoms with Gasteiger partial charge < -0.3 is 4.74 Å². The molecular formula is C17H17Br2FO. The lowest BCUT2D eigenvalue weighted by Crippen LogP contribution is -2.11. The van der Waals surface area contributed by atoms with Gasteiger partial charge in [0.25, 0.3) is 0 Å². The van der Waals surface area contributed by atoms with Crippen LogP contribution in [0.3, 0.4) is 0 Å². The van der Waals surface area contributed by atoms with Crippen molar-refractivity contribution in [3.8, 4) is 5.75 Å². The van der Waals surface area contributed by atoms with E-state index < -0.39 is 0 Å². The molecule has 21 heavy (non-hydrogen) atoms. The molecule has 112 valence electrons. The molecule has 4 heteroatoms. The number of benzene rings is 2. The molecule has 2 aromatic rings. The molecule has 0 heterocycles. The Bertz CT molecular complexity index is 601. The van der Waals surface area contributed by atoms with E-state index in [0.29, 0.717) is 12.3 Å². The molecule has 2 aromatic carbocycles. The molecule has 0 saturated heterocycles. The van der Waals surface area contributed by atoms with Crippen molar-refractivity contribution in [1.29, 1.82) is 0 Å². The molecular weight excluding hydrogens is 399 g/mol. The van der Waals surface area contributed by atoms with Gasteiger partial charge in [-0.05, 0) is 60.2 Å². The van der Waals surface area contributed by atoms with Crippen LogP contribution in [0, 0.1) is 11.7 Å². The van der Waals surface area contributed by atoms with Crippen LogP contribution in [0.2, 0.25) is 0 Å². The molecule has 0 radical (unpaired) electrons. The zero-order valence-corrected chi connectivity index (χ0v) is 15.0. The van der Waals surface area contributed by atoms with Crippen LogP contribution >= 0.6 is 31.9 Å². The van der Waals surface area contributed by atoms with Gasteiger partial charge in [0.1, 0.15) is 11.6 Å². The number of rotatable bonds is 6. The van der Waals surface area contributed by atoms with Crippen molar-refractivity contribution in [3.05, 3.63) is 63.9 Å². The Balaban J connectivity index is 2.10. The molecule has 0 spiro atoms. The van der Waals surface area contributed by atoms with Crippen LogP contribution in [0.15, 0.2) is 46.9 Å². The van der Waals surface area contributed by atoms with E-state index in [4.69, 9.17) is 4.74 Å². The minimum atomic E-state index is -0.144. The number of alkyl halides is 1. The van der Waals surface area contributed by atoms with Crippen LogP contribution in [0.4, 0.5) is 4.39 Å². The average Bonchev–Trinajstić information content (AvgIpc) is 2.50. The minimum Gasteiger partial charge on any atom is -0.497 e. The number of hydrogen-bond acceptors (Lipinski definition) is 1. The third-order valence-corrected chi connectivity index (χ3v) is 4.80. The van der Waals surface area contributed by atoms with Gasteiger partial charge in [0.15, 0.2) is 0 Å². The van der Waals surface area contributed by atoms with Gasteiger partial charge in [-0.1, -0.05) is 44.0 Å². The summed E-state index contributed by atoms with van der Waals surface area (Å²) in [6.07, 6.45) is 1.59. The van der Waals surface area contributed by atoms with Crippen LogP contribution in [-0.4, -0.2) is 12.4 Å². The monoisotopic (exact) mass is 414 g/mol. The second-order valence-corrected chi connectivity index (χ2v) is 6.58. The van der Waals surface area contributed by atoms with Gasteiger partial charge in [-0.15, -0.1) is 0 Å². The molecule has 0 aliphatic rings. The predicted molar refractivity (Wildman–Crippen MR) is 91.8 cm³/mol. The minimum absolute atomic E-state index is 0.144. The van der Waals surface area contributed by atoms with E-state index >= 15 is 0 Å². The first-order valence-corrected chi connectivity index (χ1v) is 8.66. The largest absolute Gasteiger partial charge is 0.497 e. The lowest BCUT2D eigenvalue weighted by Gasteiger charge is -2.15. The fourth-order valence-electron chi connectivity index (χ4n) is 2.32. The number of halogens is 3. The second kappa shape index (κ2) is 7.95. The fraction of sp³-hybridized carbons (Fsp3) is 0.294. The lowest BCUT2D eigenvalue weighted by atomic mass is 9.94. The molecule has 0 fully saturated rings. The van der Waals surface area contributed by atoms with Gasteiger partial charge in [-0.3, -0.25) is 0 Å². The summed E-state index contributed by atoms with van der Waals surface area (Å²) in [6, 6.07) is 13.1. The highest BCUT2D eigenvalue weighted by molar-refractivity contribution is 9.10. The van der Waals surface area contributed by atoms with Crippen molar-refractivity contribution in [2.75, 3.05) is 12.4 Å². The molecule has 1 unspecified atom stereocenters. The fourth-order valence-corrected chi connectivity index (χ4v) is 3.19. The molecule has 0 bridgehead atoms. The summed E-state index contributed by atoms with van der Waals surface area (Å²) < 4.78 is 20.0. The summed E-state index contributed by atoms with van der Waals surface area (Å²) in [7, 11) is 1.66. The van der Waals surface area contributed by atoms with Gasteiger partial charge in [0.2, 0.25) is 0 Å². The quantitative estimate of drug-likeness (QED) is 0.574. The topological polar surface area (TPSA) is 9.23 Å². The van der Waals surface area contributed by atoms with Crippen LogP contribution in [0.1, 0.15) is 11.1 Å². The zero-order valence-electron chi connectivity index (χ0n) is 11.8. The highest BCUT2D eigenvalue weighted by Crippen LogP contribution is 2.23. The van der Waals surface area contributed by atoms with Crippen LogP contribution in [0.25, 0.3) is 0 Å².